The summed E-state index contributed by atoms with van der Waals surface area (Å²) in [4.78, 5) is 11.4. The maximum absolute atomic E-state index is 13.2. The van der Waals surface area contributed by atoms with Gasteiger partial charge < -0.3 is 16.2 Å². The van der Waals surface area contributed by atoms with Crippen molar-refractivity contribution in [2.45, 2.75) is 6.42 Å². The van der Waals surface area contributed by atoms with E-state index in [1.807, 2.05) is 0 Å². The molecule has 0 aliphatic heterocycles. The molecular weight excluding hydrogens is 237 g/mol. The lowest BCUT2D eigenvalue weighted by atomic mass is 10.1. The Bertz CT molecular complexity index is 438. The molecule has 0 aliphatic rings. The van der Waals surface area contributed by atoms with Crippen LogP contribution in [0.1, 0.15) is 16.8 Å². The first-order chi connectivity index (χ1) is 7.99. The SMILES string of the molecule is [NH3+]CCCNC(=O)c1cc(F)c(F)c([O-])c1F. The van der Waals surface area contributed by atoms with Crippen molar-refractivity contribution in [3.63, 3.8) is 0 Å². The van der Waals surface area contributed by atoms with E-state index in [-0.39, 0.29) is 6.54 Å². The standard InChI is InChI=1S/C10H11F3N2O2/c11-6-4-5(7(12)9(16)8(6)13)10(17)15-3-1-2-14/h4,16H,1-3,14H2,(H,15,17). The Hall–Kier alpha value is -1.76. The summed E-state index contributed by atoms with van der Waals surface area (Å²) in [5.74, 6) is -7.65. The number of benzene rings is 1. The van der Waals surface area contributed by atoms with Gasteiger partial charge in [0.1, 0.15) is 5.82 Å². The molecule has 0 saturated heterocycles. The van der Waals surface area contributed by atoms with Crippen LogP contribution < -0.4 is 16.2 Å². The molecule has 4 nitrogen and oxygen atoms in total. The fraction of sp³-hybridized carbons (Fsp3) is 0.300. The van der Waals surface area contributed by atoms with Gasteiger partial charge in [-0.05, 0) is 11.8 Å². The Morgan fingerprint density at radius 3 is 2.59 bits per heavy atom. The van der Waals surface area contributed by atoms with Gasteiger partial charge in [0.15, 0.2) is 11.6 Å². The van der Waals surface area contributed by atoms with Gasteiger partial charge in [0.2, 0.25) is 0 Å². The number of carbonyl (C=O) groups is 1. The summed E-state index contributed by atoms with van der Waals surface area (Å²) in [5, 5.41) is 13.1. The molecule has 0 aromatic heterocycles. The highest BCUT2D eigenvalue weighted by molar-refractivity contribution is 5.94. The summed E-state index contributed by atoms with van der Waals surface area (Å²) in [7, 11) is 0. The first-order valence-corrected chi connectivity index (χ1v) is 4.91. The average molecular weight is 248 g/mol. The van der Waals surface area contributed by atoms with Gasteiger partial charge in [-0.2, -0.15) is 0 Å². The highest BCUT2D eigenvalue weighted by Crippen LogP contribution is 2.23. The molecular formula is C10H11F3N2O2. The molecule has 1 rings (SSSR count). The predicted octanol–water partition coefficient (Wildman–Crippen LogP) is -0.461. The van der Waals surface area contributed by atoms with E-state index in [0.717, 1.165) is 0 Å². The van der Waals surface area contributed by atoms with Crippen LogP contribution in [0.4, 0.5) is 13.2 Å². The zero-order valence-corrected chi connectivity index (χ0v) is 8.86. The Labute approximate surface area is 95.2 Å². The van der Waals surface area contributed by atoms with Gasteiger partial charge in [-0.3, -0.25) is 4.79 Å². The number of hydrogen-bond acceptors (Lipinski definition) is 2. The Morgan fingerprint density at radius 2 is 2.00 bits per heavy atom. The second-order valence-electron chi connectivity index (χ2n) is 3.33. The topological polar surface area (TPSA) is 79.8 Å². The van der Waals surface area contributed by atoms with Crippen molar-refractivity contribution in [1.29, 1.82) is 0 Å². The van der Waals surface area contributed by atoms with Crippen LogP contribution in [0.15, 0.2) is 6.07 Å². The van der Waals surface area contributed by atoms with Gasteiger partial charge >= 0.3 is 0 Å². The Morgan fingerprint density at radius 1 is 1.35 bits per heavy atom. The second-order valence-corrected chi connectivity index (χ2v) is 3.33. The van der Waals surface area contributed by atoms with Crippen LogP contribution in [0.3, 0.4) is 0 Å². The maximum atomic E-state index is 13.2. The molecule has 94 valence electrons. The van der Waals surface area contributed by atoms with E-state index in [4.69, 9.17) is 0 Å². The van der Waals surface area contributed by atoms with Gasteiger partial charge in [0.25, 0.3) is 5.91 Å². The molecule has 0 fully saturated rings. The summed E-state index contributed by atoms with van der Waals surface area (Å²) in [5.41, 5.74) is 2.73. The van der Waals surface area contributed by atoms with Crippen LogP contribution in [0.5, 0.6) is 5.75 Å². The molecule has 0 aliphatic carbocycles. The van der Waals surface area contributed by atoms with E-state index in [0.29, 0.717) is 19.0 Å². The summed E-state index contributed by atoms with van der Waals surface area (Å²) < 4.78 is 38.7. The van der Waals surface area contributed by atoms with Crippen LogP contribution in [-0.4, -0.2) is 19.0 Å². The molecule has 0 saturated carbocycles. The third-order valence-electron chi connectivity index (χ3n) is 2.07. The number of nitrogens with one attached hydrogen (secondary N) is 1. The lowest BCUT2D eigenvalue weighted by molar-refractivity contribution is -0.367. The molecule has 7 heteroatoms. The monoisotopic (exact) mass is 248 g/mol. The van der Waals surface area contributed by atoms with Crippen LogP contribution in [0, 0.1) is 17.5 Å². The van der Waals surface area contributed by atoms with E-state index < -0.39 is 34.7 Å². The van der Waals surface area contributed by atoms with Crippen LogP contribution in [0.2, 0.25) is 0 Å². The van der Waals surface area contributed by atoms with E-state index in [1.54, 1.807) is 0 Å². The van der Waals surface area contributed by atoms with Gasteiger partial charge in [-0.1, -0.05) is 0 Å². The predicted molar refractivity (Wildman–Crippen MR) is 50.5 cm³/mol. The number of quaternary nitrogens is 1. The van der Waals surface area contributed by atoms with E-state index in [2.05, 4.69) is 11.1 Å². The first kappa shape index (κ1) is 13.3. The van der Waals surface area contributed by atoms with Crippen molar-refractivity contribution in [2.24, 2.45) is 0 Å². The second kappa shape index (κ2) is 5.53. The van der Waals surface area contributed by atoms with Crippen molar-refractivity contribution >= 4 is 5.91 Å². The molecule has 1 aromatic carbocycles. The summed E-state index contributed by atoms with van der Waals surface area (Å²) in [6.07, 6.45) is 0.557. The average Bonchev–Trinajstić information content (AvgIpc) is 2.31. The van der Waals surface area contributed by atoms with Gasteiger partial charge in [0, 0.05) is 13.0 Å². The van der Waals surface area contributed by atoms with Crippen LogP contribution in [0.25, 0.3) is 0 Å². The molecule has 0 atom stereocenters. The summed E-state index contributed by atoms with van der Waals surface area (Å²) in [6, 6.07) is 0.367. The van der Waals surface area contributed by atoms with Gasteiger partial charge in [0.05, 0.1) is 12.1 Å². The quantitative estimate of drug-likeness (QED) is 0.558. The summed E-state index contributed by atoms with van der Waals surface area (Å²) in [6.45, 7) is 0.780. The third-order valence-corrected chi connectivity index (χ3v) is 2.07. The number of amides is 1. The molecule has 0 unspecified atom stereocenters. The number of halogens is 3. The highest BCUT2D eigenvalue weighted by Gasteiger charge is 2.17. The van der Waals surface area contributed by atoms with Gasteiger partial charge in [-0.15, -0.1) is 0 Å². The number of carbonyl (C=O) groups excluding carboxylic acids is 1. The van der Waals surface area contributed by atoms with Crippen molar-refractivity contribution in [2.75, 3.05) is 13.1 Å². The van der Waals surface area contributed by atoms with Crippen LogP contribution in [-0.2, 0) is 0 Å². The largest absolute Gasteiger partial charge is 0.868 e. The van der Waals surface area contributed by atoms with Crippen molar-refractivity contribution < 1.29 is 28.8 Å². The van der Waals surface area contributed by atoms with E-state index in [1.165, 1.54) is 0 Å². The minimum atomic E-state index is -1.82. The number of rotatable bonds is 4. The minimum absolute atomic E-state index is 0.217. The molecule has 0 radical (unpaired) electrons. The number of hydrogen-bond donors (Lipinski definition) is 2. The molecule has 1 amide bonds. The smallest absolute Gasteiger partial charge is 0.254 e. The zero-order valence-electron chi connectivity index (χ0n) is 8.86. The highest BCUT2D eigenvalue weighted by atomic mass is 19.2. The Kier molecular flexibility index (Phi) is 4.33. The Balaban J connectivity index is 2.94. The summed E-state index contributed by atoms with van der Waals surface area (Å²) >= 11 is 0. The van der Waals surface area contributed by atoms with Crippen molar-refractivity contribution in [3.05, 3.63) is 29.1 Å². The zero-order chi connectivity index (χ0) is 13.0. The molecule has 1 aromatic rings. The third kappa shape index (κ3) is 2.88. The van der Waals surface area contributed by atoms with Gasteiger partial charge in [-0.25, -0.2) is 13.2 Å². The molecule has 0 spiro atoms. The molecule has 0 bridgehead atoms. The first-order valence-electron chi connectivity index (χ1n) is 4.91. The lowest BCUT2D eigenvalue weighted by Gasteiger charge is -2.13. The van der Waals surface area contributed by atoms with Crippen LogP contribution >= 0.6 is 0 Å². The fourth-order valence-corrected chi connectivity index (χ4v) is 1.17. The fourth-order valence-electron chi connectivity index (χ4n) is 1.17. The van der Waals surface area contributed by atoms with Crippen molar-refractivity contribution in [1.82, 2.24) is 5.32 Å². The lowest BCUT2D eigenvalue weighted by Crippen LogP contribution is -2.51. The minimum Gasteiger partial charge on any atom is -0.868 e. The normalized spacial score (nSPS) is 10.4. The molecule has 17 heavy (non-hydrogen) atoms. The maximum Gasteiger partial charge on any atom is 0.254 e. The van der Waals surface area contributed by atoms with E-state index in [9.17, 15) is 23.1 Å². The van der Waals surface area contributed by atoms with Crippen molar-refractivity contribution in [3.8, 4) is 5.75 Å². The van der Waals surface area contributed by atoms with E-state index >= 15 is 0 Å². The molecule has 4 N–H and O–H groups in total. The molecule has 0 heterocycles.